The first-order chi connectivity index (χ1) is 12.0. The summed E-state index contributed by atoms with van der Waals surface area (Å²) in [5, 5.41) is 11.8. The van der Waals surface area contributed by atoms with Crippen LogP contribution in [-0.2, 0) is 23.1 Å². The number of amides is 3. The summed E-state index contributed by atoms with van der Waals surface area (Å²) in [6.07, 6.45) is 0.227. The van der Waals surface area contributed by atoms with Crippen molar-refractivity contribution in [3.63, 3.8) is 0 Å². The first kappa shape index (κ1) is 18.2. The van der Waals surface area contributed by atoms with Gasteiger partial charge in [0.15, 0.2) is 5.69 Å². The first-order valence-corrected chi connectivity index (χ1v) is 7.92. The Labute approximate surface area is 145 Å². The van der Waals surface area contributed by atoms with Gasteiger partial charge in [0.05, 0.1) is 13.0 Å². The van der Waals surface area contributed by atoms with E-state index in [0.29, 0.717) is 12.4 Å². The third kappa shape index (κ3) is 5.45. The highest BCUT2D eigenvalue weighted by Gasteiger charge is 2.15. The molecule has 0 spiro atoms. The van der Waals surface area contributed by atoms with E-state index in [0.717, 1.165) is 5.56 Å². The second kappa shape index (κ2) is 8.62. The zero-order valence-corrected chi connectivity index (χ0v) is 14.2. The predicted molar refractivity (Wildman–Crippen MR) is 93.0 cm³/mol. The molecule has 0 aliphatic carbocycles. The van der Waals surface area contributed by atoms with Crippen LogP contribution in [0.15, 0.2) is 36.4 Å². The summed E-state index contributed by atoms with van der Waals surface area (Å²) < 4.78 is 1.41. The Hall–Kier alpha value is -3.16. The molecule has 0 bridgehead atoms. The summed E-state index contributed by atoms with van der Waals surface area (Å²) in [4.78, 5) is 35.5. The molecule has 25 heavy (non-hydrogen) atoms. The molecule has 8 nitrogen and oxygen atoms in total. The third-order valence-electron chi connectivity index (χ3n) is 3.37. The van der Waals surface area contributed by atoms with E-state index in [9.17, 15) is 14.4 Å². The number of hydrogen-bond donors (Lipinski definition) is 3. The molecule has 2 rings (SSSR count). The van der Waals surface area contributed by atoms with E-state index < -0.39 is 5.91 Å². The quantitative estimate of drug-likeness (QED) is 0.679. The van der Waals surface area contributed by atoms with Crippen LogP contribution in [0, 0.1) is 0 Å². The van der Waals surface area contributed by atoms with Crippen LogP contribution in [0.1, 0.15) is 23.0 Å². The van der Waals surface area contributed by atoms with Crippen molar-refractivity contribution >= 4 is 23.5 Å². The maximum atomic E-state index is 12.1. The molecule has 0 aliphatic heterocycles. The van der Waals surface area contributed by atoms with Crippen LogP contribution in [0.2, 0.25) is 0 Å². The van der Waals surface area contributed by atoms with Crippen LogP contribution in [0.3, 0.4) is 0 Å². The van der Waals surface area contributed by atoms with Crippen molar-refractivity contribution in [2.45, 2.75) is 13.3 Å². The maximum absolute atomic E-state index is 12.1. The van der Waals surface area contributed by atoms with E-state index in [1.165, 1.54) is 10.7 Å². The van der Waals surface area contributed by atoms with Gasteiger partial charge in [-0.25, -0.2) is 0 Å². The van der Waals surface area contributed by atoms with Crippen LogP contribution >= 0.6 is 0 Å². The molecule has 0 saturated carbocycles. The number of aromatic nitrogens is 2. The van der Waals surface area contributed by atoms with Crippen molar-refractivity contribution in [1.29, 1.82) is 0 Å². The highest BCUT2D eigenvalue weighted by molar-refractivity contribution is 5.97. The maximum Gasteiger partial charge on any atom is 0.272 e. The highest BCUT2D eigenvalue weighted by atomic mass is 16.2. The van der Waals surface area contributed by atoms with Crippen molar-refractivity contribution in [1.82, 2.24) is 20.4 Å². The van der Waals surface area contributed by atoms with E-state index in [1.807, 2.05) is 30.3 Å². The summed E-state index contributed by atoms with van der Waals surface area (Å²) >= 11 is 0. The number of carbonyl (C=O) groups is 3. The van der Waals surface area contributed by atoms with Crippen molar-refractivity contribution in [3.8, 4) is 0 Å². The minimum Gasteiger partial charge on any atom is -0.355 e. The van der Waals surface area contributed by atoms with Crippen LogP contribution in [0.5, 0.6) is 0 Å². The Kier molecular flexibility index (Phi) is 6.27. The lowest BCUT2D eigenvalue weighted by Crippen LogP contribution is -2.36. The van der Waals surface area contributed by atoms with E-state index in [2.05, 4.69) is 21.0 Å². The Balaban J connectivity index is 1.93. The number of anilines is 1. The number of hydrogen-bond acceptors (Lipinski definition) is 4. The second-order valence-corrected chi connectivity index (χ2v) is 5.39. The molecule has 2 aromatic rings. The third-order valence-corrected chi connectivity index (χ3v) is 3.37. The van der Waals surface area contributed by atoms with Gasteiger partial charge in [-0.1, -0.05) is 30.3 Å². The van der Waals surface area contributed by atoms with Crippen LogP contribution in [0.4, 0.5) is 5.82 Å². The van der Waals surface area contributed by atoms with E-state index in [-0.39, 0.29) is 30.5 Å². The van der Waals surface area contributed by atoms with Gasteiger partial charge in [0.25, 0.3) is 5.91 Å². The molecular weight excluding hydrogens is 322 g/mol. The Morgan fingerprint density at radius 1 is 1.08 bits per heavy atom. The smallest absolute Gasteiger partial charge is 0.272 e. The summed E-state index contributed by atoms with van der Waals surface area (Å²) in [7, 11) is 1.62. The number of rotatable bonds is 7. The minimum atomic E-state index is -0.481. The van der Waals surface area contributed by atoms with Crippen molar-refractivity contribution < 1.29 is 14.4 Å². The monoisotopic (exact) mass is 343 g/mol. The molecule has 0 radical (unpaired) electrons. The molecule has 8 heteroatoms. The van der Waals surface area contributed by atoms with Gasteiger partial charge >= 0.3 is 0 Å². The molecule has 132 valence electrons. The Bertz CT molecular complexity index is 755. The summed E-state index contributed by atoms with van der Waals surface area (Å²) in [6.45, 7) is 2.16. The molecule has 0 atom stereocenters. The van der Waals surface area contributed by atoms with E-state index >= 15 is 0 Å². The Morgan fingerprint density at radius 3 is 2.48 bits per heavy atom. The van der Waals surface area contributed by atoms with Gasteiger partial charge in [0.1, 0.15) is 5.82 Å². The molecule has 0 aliphatic rings. The molecule has 1 aromatic carbocycles. The van der Waals surface area contributed by atoms with Gasteiger partial charge in [0, 0.05) is 19.7 Å². The molecule has 1 heterocycles. The topological polar surface area (TPSA) is 105 Å². The first-order valence-electron chi connectivity index (χ1n) is 7.92. The van der Waals surface area contributed by atoms with Crippen molar-refractivity contribution in [2.24, 2.45) is 7.05 Å². The molecule has 0 saturated heterocycles. The summed E-state index contributed by atoms with van der Waals surface area (Å²) in [5.41, 5.74) is 1.02. The lowest BCUT2D eigenvalue weighted by Gasteiger charge is -2.04. The van der Waals surface area contributed by atoms with Gasteiger partial charge in [-0.3, -0.25) is 19.1 Å². The predicted octanol–water partition coefficient (Wildman–Crippen LogP) is 0.467. The Morgan fingerprint density at radius 2 is 1.80 bits per heavy atom. The second-order valence-electron chi connectivity index (χ2n) is 5.39. The lowest BCUT2D eigenvalue weighted by molar-refractivity contribution is -0.120. The molecule has 3 amide bonds. The van der Waals surface area contributed by atoms with Crippen LogP contribution in [-0.4, -0.2) is 40.6 Å². The number of likely N-dealkylation sites (N-methyl/N-ethyl adjacent to an activating group) is 1. The van der Waals surface area contributed by atoms with Gasteiger partial charge in [-0.15, -0.1) is 0 Å². The van der Waals surface area contributed by atoms with E-state index in [4.69, 9.17) is 0 Å². The molecule has 0 fully saturated rings. The molecular formula is C17H21N5O3. The fourth-order valence-electron chi connectivity index (χ4n) is 2.17. The van der Waals surface area contributed by atoms with Gasteiger partial charge in [-0.05, 0) is 12.5 Å². The van der Waals surface area contributed by atoms with Gasteiger partial charge in [-0.2, -0.15) is 5.10 Å². The average Bonchev–Trinajstić information content (AvgIpc) is 2.94. The summed E-state index contributed by atoms with van der Waals surface area (Å²) in [6, 6.07) is 10.8. The largest absolute Gasteiger partial charge is 0.355 e. The summed E-state index contributed by atoms with van der Waals surface area (Å²) in [5.74, 6) is -0.554. The number of benzene rings is 1. The van der Waals surface area contributed by atoms with Crippen molar-refractivity contribution in [3.05, 3.63) is 47.7 Å². The zero-order valence-electron chi connectivity index (χ0n) is 14.2. The van der Waals surface area contributed by atoms with Crippen LogP contribution in [0.25, 0.3) is 0 Å². The fraction of sp³-hybridized carbons (Fsp3) is 0.294. The van der Waals surface area contributed by atoms with Crippen molar-refractivity contribution in [2.75, 3.05) is 18.4 Å². The molecule has 0 unspecified atom stereocenters. The fourth-order valence-corrected chi connectivity index (χ4v) is 2.17. The SMILES string of the molecule is CCNC(=O)CNC(=O)c1cc(NC(=O)Cc2ccccc2)n(C)n1. The zero-order chi connectivity index (χ0) is 18.2. The van der Waals surface area contributed by atoms with E-state index in [1.54, 1.807) is 14.0 Å². The molecule has 1 aromatic heterocycles. The lowest BCUT2D eigenvalue weighted by atomic mass is 10.1. The van der Waals surface area contributed by atoms with Gasteiger partial charge < -0.3 is 16.0 Å². The number of carbonyl (C=O) groups excluding carboxylic acids is 3. The number of aryl methyl sites for hydroxylation is 1. The molecule has 3 N–H and O–H groups in total. The normalized spacial score (nSPS) is 10.2. The van der Waals surface area contributed by atoms with Crippen LogP contribution < -0.4 is 16.0 Å². The average molecular weight is 343 g/mol. The van der Waals surface area contributed by atoms with Gasteiger partial charge in [0.2, 0.25) is 11.8 Å². The minimum absolute atomic E-state index is 0.126. The highest BCUT2D eigenvalue weighted by Crippen LogP contribution is 2.10. The number of nitrogens with one attached hydrogen (secondary N) is 3. The number of nitrogens with zero attached hydrogens (tertiary/aromatic N) is 2. The standard InChI is InChI=1S/C17H21N5O3/c1-3-18-16(24)11-19-17(25)13-10-14(22(2)21-13)20-15(23)9-12-7-5-4-6-8-12/h4-8,10H,3,9,11H2,1-2H3,(H,18,24)(H,19,25)(H,20,23).